The number of sulfonamides is 8. The molecule has 41 heteroatoms. The average molecular weight is 2110 g/mol. The van der Waals surface area contributed by atoms with E-state index in [1.807, 2.05) is 111 Å². The van der Waals surface area contributed by atoms with Crippen LogP contribution in [-0.4, -0.2) is 236 Å². The predicted molar refractivity (Wildman–Crippen MR) is 543 cm³/mol. The van der Waals surface area contributed by atoms with Gasteiger partial charge in [0.05, 0.1) is 62.5 Å². The van der Waals surface area contributed by atoms with E-state index in [1.165, 1.54) is 58.7 Å². The first-order valence-corrected chi connectivity index (χ1v) is 61.9. The van der Waals surface area contributed by atoms with Crippen molar-refractivity contribution in [3.63, 3.8) is 0 Å². The SMILES string of the molecule is CCCCN(CCCC)S(=O)(=O)c1cc2c(c(S(=O)(=O)N(CCCC)CCCC)c1)-c1nc-2nc2[n-]c(nc3nc(nc4[n-]c(n1)c1c(S(=O)(=O)N(CCCC)CCCC)cc(S(=O)(=O)N(CCCC)CCCC)cc41)-c1cc(S(=O)(=O)N(CCCC)CCCC)cc(S(=O)(=O)N(CCCC)CCCC)c1-3)c1c(S(=O)(=O)N(CCCC)CCCC)cc(S(=O)(=O)N(CCCC)CCCC)cc21.[Cu+2]. The Hall–Kier alpha value is -5.96. The van der Waals surface area contributed by atoms with Crippen LogP contribution < -0.4 is 9.97 Å². The molecule has 4 aromatic carbocycles. The molecule has 0 spiro atoms. The molecule has 2 aliphatic rings. The van der Waals surface area contributed by atoms with Gasteiger partial charge in [-0.25, -0.2) is 77.3 Å². The van der Waals surface area contributed by atoms with Crippen molar-refractivity contribution in [2.45, 2.75) is 355 Å². The van der Waals surface area contributed by atoms with Gasteiger partial charge in [-0.2, -0.15) is 34.4 Å². The molecule has 5 heterocycles. The van der Waals surface area contributed by atoms with Crippen LogP contribution in [0.15, 0.2) is 87.7 Å². The minimum Gasteiger partial charge on any atom is -0.357 e. The summed E-state index contributed by atoms with van der Waals surface area (Å²) in [5.41, 5.74) is -3.65. The maximum absolute atomic E-state index is 16.8. The Labute approximate surface area is 830 Å². The van der Waals surface area contributed by atoms with Crippen molar-refractivity contribution >= 4 is 124 Å². The van der Waals surface area contributed by atoms with Gasteiger partial charge in [0.2, 0.25) is 80.2 Å². The molecule has 0 amide bonds. The molecule has 7 aromatic rings. The second-order valence-electron chi connectivity index (χ2n) is 35.7. The Morgan fingerprint density at radius 2 is 0.372 bits per heavy atom. The number of fused-ring (bicyclic) bond motifs is 20. The zero-order valence-electron chi connectivity index (χ0n) is 83.8. The second-order valence-corrected chi connectivity index (χ2v) is 51.1. The number of aromatic nitrogens is 8. The third-order valence-corrected chi connectivity index (χ3v) is 40.3. The Morgan fingerprint density at radius 1 is 0.204 bits per heavy atom. The fraction of sp³-hybridized carbons (Fsp3) is 0.667. The third-order valence-electron chi connectivity index (χ3n) is 25.1. The predicted octanol–water partition coefficient (Wildman–Crippen LogP) is 18.9. The van der Waals surface area contributed by atoms with Crippen molar-refractivity contribution in [1.29, 1.82) is 0 Å². The van der Waals surface area contributed by atoms with E-state index < -0.39 is 165 Å². The number of benzene rings is 4. The number of nitrogens with zero attached hydrogens (tertiary/aromatic N) is 16. The fourth-order valence-corrected chi connectivity index (χ4v) is 30.2. The van der Waals surface area contributed by atoms with E-state index in [9.17, 15) is 0 Å². The summed E-state index contributed by atoms with van der Waals surface area (Å²) in [6, 6.07) is 9.17. The second kappa shape index (κ2) is 53.0. The summed E-state index contributed by atoms with van der Waals surface area (Å²) in [6.07, 6.45) is 14.6. The molecular weight excluding hydrogens is 1950 g/mol. The van der Waals surface area contributed by atoms with Crippen LogP contribution in [0.2, 0.25) is 0 Å². The van der Waals surface area contributed by atoms with Crippen molar-refractivity contribution in [2.75, 3.05) is 105 Å². The van der Waals surface area contributed by atoms with E-state index in [-0.39, 0.29) is 166 Å². The van der Waals surface area contributed by atoms with Gasteiger partial charge in [0.1, 0.15) is 0 Å². The molecule has 2 aliphatic heterocycles. The van der Waals surface area contributed by atoms with E-state index >= 15 is 67.3 Å². The van der Waals surface area contributed by atoms with Gasteiger partial charge in [-0.3, -0.25) is 0 Å². The minimum atomic E-state index is -5.03. The molecule has 3 aromatic heterocycles. The summed E-state index contributed by atoms with van der Waals surface area (Å²) in [7, 11) is -39.3. The van der Waals surface area contributed by atoms with Crippen molar-refractivity contribution in [2.24, 2.45) is 0 Å². The van der Waals surface area contributed by atoms with Gasteiger partial charge in [0, 0.05) is 160 Å². The molecule has 0 unspecified atom stereocenters. The van der Waals surface area contributed by atoms with Gasteiger partial charge in [-0.15, -0.1) is 0 Å². The molecule has 137 heavy (non-hydrogen) atoms. The maximum Gasteiger partial charge on any atom is 2.00 e. The Balaban J connectivity index is 0.0000230. The van der Waals surface area contributed by atoms with Gasteiger partial charge in [0.25, 0.3) is 0 Å². The number of unbranched alkanes of at least 4 members (excludes halogenated alkanes) is 16. The molecule has 8 bridgehead atoms. The van der Waals surface area contributed by atoms with Gasteiger partial charge in [-0.05, 0) is 162 Å². The molecule has 0 atom stereocenters. The normalized spacial score (nSPS) is 13.3. The van der Waals surface area contributed by atoms with E-state index in [0.29, 0.717) is 205 Å². The van der Waals surface area contributed by atoms with Gasteiger partial charge in [0.15, 0.2) is 0 Å². The molecule has 0 fully saturated rings. The molecule has 0 saturated heterocycles. The summed E-state index contributed by atoms with van der Waals surface area (Å²) < 4.78 is 275. The van der Waals surface area contributed by atoms with E-state index in [1.54, 1.807) is 0 Å². The summed E-state index contributed by atoms with van der Waals surface area (Å²) in [4.78, 5) is 37.4. The Morgan fingerprint density at radius 3 is 0.569 bits per heavy atom. The summed E-state index contributed by atoms with van der Waals surface area (Å²) >= 11 is 0. The Bertz CT molecular complexity index is 5940. The van der Waals surface area contributed by atoms with Gasteiger partial charge < -0.3 is 29.9 Å². The first-order valence-electron chi connectivity index (χ1n) is 50.3. The molecule has 0 N–H and O–H groups in total. The number of hydrogen-bond acceptors (Lipinski definition) is 22. The van der Waals surface area contributed by atoms with Gasteiger partial charge in [-0.1, -0.05) is 214 Å². The van der Waals surface area contributed by atoms with Crippen LogP contribution in [0.1, 0.15) is 316 Å². The first-order chi connectivity index (χ1) is 64.9. The van der Waals surface area contributed by atoms with Gasteiger partial charge >= 0.3 is 17.1 Å². The van der Waals surface area contributed by atoms with Crippen molar-refractivity contribution in [3.05, 3.63) is 48.5 Å². The standard InChI is InChI=1S/C96H152N16O16S8.Cu/c1-17-33-49-105(50-34-18-2)129(113,114)73-65-77-85(81(69-73)133(121,122)109(57-41-25-9)58-42-26-10)93-99-89(77)97-90-78-66-74(130(115,116)106(51-35-19-3)52-36-20-4)70-82(134(123,124)110(59-43-27-11)60-44-28-12)86(78)95(100-90)104-96-88-80(68-76(132(119,120)108(55-39-23-7)56-40-24-8)72-84(88)136(127,128)112(63-47-31-15)64-48-32-16)92(102-96)98-91-79-67-75(131(117,118)107(53-37-21-5)54-38-22-6)71-83(87(79)94(101-91)103-93)135(125,126)111(61-45-29-13)62-46-30-14;/h65-72H,17-64H2,1-16H3;/q-2;+2. The maximum atomic E-state index is 16.8. The largest absolute Gasteiger partial charge is 2.00 e. The summed E-state index contributed by atoms with van der Waals surface area (Å²) in [5.74, 6) is -2.25. The van der Waals surface area contributed by atoms with Crippen molar-refractivity contribution in [3.8, 4) is 45.6 Å². The van der Waals surface area contributed by atoms with E-state index in [4.69, 9.17) is 39.9 Å². The van der Waals surface area contributed by atoms with Crippen molar-refractivity contribution in [1.82, 2.24) is 74.3 Å². The Kier molecular flexibility index (Phi) is 45.0. The van der Waals surface area contributed by atoms with Crippen LogP contribution >= 0.6 is 0 Å². The molecule has 1 radical (unpaired) electrons. The third kappa shape index (κ3) is 26.8. The van der Waals surface area contributed by atoms with Crippen LogP contribution in [0, 0.1) is 0 Å². The van der Waals surface area contributed by atoms with E-state index in [2.05, 4.69) is 0 Å². The van der Waals surface area contributed by atoms with Crippen LogP contribution in [0.5, 0.6) is 0 Å². The zero-order chi connectivity index (χ0) is 99.7. The van der Waals surface area contributed by atoms with E-state index in [0.717, 1.165) is 24.3 Å². The fourth-order valence-electron chi connectivity index (χ4n) is 16.7. The average Bonchev–Trinajstić information content (AvgIpc) is 1.57. The van der Waals surface area contributed by atoms with Crippen LogP contribution in [0.25, 0.3) is 89.7 Å². The van der Waals surface area contributed by atoms with Crippen molar-refractivity contribution < 1.29 is 84.4 Å². The molecule has 32 nitrogen and oxygen atoms in total. The summed E-state index contributed by atoms with van der Waals surface area (Å²) in [5, 5.41) is -1.40. The summed E-state index contributed by atoms with van der Waals surface area (Å²) in [6.45, 7) is 30.0. The minimum absolute atomic E-state index is 0. The zero-order valence-corrected chi connectivity index (χ0v) is 91.3. The van der Waals surface area contributed by atoms with Crippen LogP contribution in [-0.2, 0) is 97.3 Å². The first kappa shape index (κ1) is 116. The number of hydrogen-bond donors (Lipinski definition) is 0. The van der Waals surface area contributed by atoms with Crippen LogP contribution in [0.3, 0.4) is 0 Å². The molecule has 9 rings (SSSR count). The molecule has 0 aliphatic carbocycles. The quantitative estimate of drug-likeness (QED) is 0.0319. The monoisotopic (exact) mass is 2100 g/mol. The van der Waals surface area contributed by atoms with Crippen LogP contribution in [0.4, 0.5) is 0 Å². The molecular formula is C96H152CuN16O16S8. The number of rotatable bonds is 64. The smallest absolute Gasteiger partial charge is 0.357 e. The topological polar surface area (TPSA) is 405 Å². The molecule has 771 valence electrons. The molecule has 0 saturated carbocycles.